The summed E-state index contributed by atoms with van der Waals surface area (Å²) in [6, 6.07) is 15.5. The van der Waals surface area contributed by atoms with Gasteiger partial charge in [-0.1, -0.05) is 53.2 Å². The zero-order chi connectivity index (χ0) is 33.1. The smallest absolute Gasteiger partial charge is 0.323 e. The van der Waals surface area contributed by atoms with Gasteiger partial charge in [0.25, 0.3) is 0 Å². The highest BCUT2D eigenvalue weighted by molar-refractivity contribution is 9.10. The molecule has 0 heterocycles. The van der Waals surface area contributed by atoms with Crippen LogP contribution in [-0.2, 0) is 17.9 Å². The Hall–Kier alpha value is -4.20. The van der Waals surface area contributed by atoms with Gasteiger partial charge in [-0.25, -0.2) is 0 Å². The van der Waals surface area contributed by atoms with Crippen LogP contribution in [-0.4, -0.2) is 70.4 Å². The second-order valence-corrected chi connectivity index (χ2v) is 11.3. The Balaban J connectivity index is 1.55. The summed E-state index contributed by atoms with van der Waals surface area (Å²) in [7, 11) is 0. The Morgan fingerprint density at radius 3 is 2.50 bits per heavy atom. The van der Waals surface area contributed by atoms with Crippen LogP contribution in [0, 0.1) is 5.41 Å². The molecule has 242 valence electrons. The highest BCUT2D eigenvalue weighted by atomic mass is 79.9. The van der Waals surface area contributed by atoms with Crippen LogP contribution in [0.2, 0.25) is 5.02 Å². The third kappa shape index (κ3) is 9.18. The zero-order valence-electron chi connectivity index (χ0n) is 24.6. The number of aliphatic carboxylic acids is 1. The number of rotatable bonds is 16. The number of aliphatic hydroxyl groups excluding tert-OH is 2. The van der Waals surface area contributed by atoms with E-state index in [-0.39, 0.29) is 42.8 Å². The lowest BCUT2D eigenvalue weighted by Gasteiger charge is -2.19. The molecule has 0 amide bonds. The number of carboxylic acids is 1. The van der Waals surface area contributed by atoms with Crippen LogP contribution in [0.5, 0.6) is 17.2 Å². The third-order valence-corrected chi connectivity index (χ3v) is 8.11. The Kier molecular flexibility index (Phi) is 12.8. The summed E-state index contributed by atoms with van der Waals surface area (Å²) in [6.45, 7) is 0.0825. The van der Waals surface area contributed by atoms with E-state index < -0.39 is 18.6 Å². The fraction of sp³-hybridized carbons (Fsp3) is 0.242. The maximum absolute atomic E-state index is 11.4. The van der Waals surface area contributed by atoms with Crippen molar-refractivity contribution in [2.45, 2.75) is 25.6 Å². The van der Waals surface area contributed by atoms with Gasteiger partial charge in [0.2, 0.25) is 0 Å². The molecule has 0 aliphatic heterocycles. The lowest BCUT2D eigenvalue weighted by molar-refractivity contribution is -0.140. The Morgan fingerprint density at radius 1 is 1.00 bits per heavy atom. The van der Waals surface area contributed by atoms with Crippen molar-refractivity contribution < 1.29 is 39.5 Å². The molecule has 6 N–H and O–H groups in total. The van der Waals surface area contributed by atoms with Crippen molar-refractivity contribution in [2.24, 2.45) is 5.16 Å². The van der Waals surface area contributed by atoms with E-state index in [0.29, 0.717) is 41.4 Å². The third-order valence-electron chi connectivity index (χ3n) is 6.88. The summed E-state index contributed by atoms with van der Waals surface area (Å²) < 4.78 is 18.8. The second-order valence-electron chi connectivity index (χ2n) is 10.1. The molecule has 3 aromatic carbocycles. The lowest BCUT2D eigenvalue weighted by atomic mass is 10.0. The quantitative estimate of drug-likeness (QED) is 0.0494. The first-order valence-electron chi connectivity index (χ1n) is 14.2. The average molecular weight is 715 g/mol. The van der Waals surface area contributed by atoms with E-state index >= 15 is 0 Å². The number of hydrogen-bond donors (Lipinski definition) is 6. The maximum atomic E-state index is 11.4. The largest absolute Gasteiger partial charge is 0.493 e. The number of nitrogens with one attached hydrogen (secondary N) is 2. The van der Waals surface area contributed by atoms with Crippen LogP contribution in [0.4, 0.5) is 0 Å². The molecule has 1 aliphatic carbocycles. The summed E-state index contributed by atoms with van der Waals surface area (Å²) in [4.78, 5) is 11.4. The number of nitrogens with zero attached hydrogens (tertiary/aromatic N) is 1. The van der Waals surface area contributed by atoms with Gasteiger partial charge in [0.05, 0.1) is 23.9 Å². The minimum Gasteiger partial charge on any atom is -0.493 e. The van der Waals surface area contributed by atoms with Crippen LogP contribution in [0.15, 0.2) is 88.0 Å². The fourth-order valence-corrected chi connectivity index (χ4v) is 5.27. The first kappa shape index (κ1) is 34.7. The molecule has 0 fully saturated rings. The molecular weight excluding hydrogens is 682 g/mol. The number of aliphatic hydroxyl groups is 2. The number of allylic oxidation sites excluding steroid dienone is 2. The molecule has 11 nitrogen and oxygen atoms in total. The predicted octanol–water partition coefficient (Wildman–Crippen LogP) is 5.37. The molecule has 1 aliphatic rings. The van der Waals surface area contributed by atoms with Gasteiger partial charge in [-0.3, -0.25) is 15.5 Å². The van der Waals surface area contributed by atoms with Crippen molar-refractivity contribution >= 4 is 44.9 Å². The SMILES string of the molecule is N=C1C=C(COc2cc(OCc3cccc(-c4cccc(OCCCO)c4)c3Br)c(Cl)cc2CN[C@H](CO)C(=O)O)C=C/C1=N/O. The van der Waals surface area contributed by atoms with Gasteiger partial charge in [-0.05, 0) is 63.0 Å². The van der Waals surface area contributed by atoms with Gasteiger partial charge in [0, 0.05) is 41.2 Å². The van der Waals surface area contributed by atoms with E-state index in [2.05, 4.69) is 26.4 Å². The van der Waals surface area contributed by atoms with Crippen LogP contribution >= 0.6 is 27.5 Å². The summed E-state index contributed by atoms with van der Waals surface area (Å²) in [5.41, 5.74) is 4.00. The second kappa shape index (κ2) is 16.9. The minimum absolute atomic E-state index is 0.0200. The molecule has 13 heteroatoms. The molecule has 0 unspecified atom stereocenters. The molecule has 4 rings (SSSR count). The van der Waals surface area contributed by atoms with E-state index in [4.69, 9.17) is 41.5 Å². The Morgan fingerprint density at radius 2 is 1.78 bits per heavy atom. The zero-order valence-corrected chi connectivity index (χ0v) is 26.9. The van der Waals surface area contributed by atoms with Crippen LogP contribution in [0.1, 0.15) is 17.5 Å². The number of carbonyl (C=O) groups is 1. The van der Waals surface area contributed by atoms with Crippen molar-refractivity contribution in [2.75, 3.05) is 26.4 Å². The van der Waals surface area contributed by atoms with Crippen molar-refractivity contribution in [3.05, 3.63) is 99.0 Å². The molecule has 0 spiro atoms. The molecule has 1 atom stereocenters. The first-order valence-corrected chi connectivity index (χ1v) is 15.4. The van der Waals surface area contributed by atoms with Gasteiger partial charge in [0.1, 0.15) is 42.2 Å². The average Bonchev–Trinajstić information content (AvgIpc) is 3.04. The summed E-state index contributed by atoms with van der Waals surface area (Å²) in [5.74, 6) is 0.161. The summed E-state index contributed by atoms with van der Waals surface area (Å²) in [5, 5.41) is 50.9. The fourth-order valence-electron chi connectivity index (χ4n) is 4.42. The first-order chi connectivity index (χ1) is 22.2. The molecule has 0 bridgehead atoms. The standard InChI is InChI=1S/C33H33BrClN3O8/c34-32-22(5-2-7-25(32)21-4-1-6-24(13-21)44-11-3-10-39)19-46-31-15-30(45-18-20-8-9-28(38-43)27(36)12-20)23(14-26(31)35)16-37-29(17-40)33(41)42/h1-2,4-9,12-15,29,36-37,39-40,43H,3,10-11,16-19H2,(H,41,42)/b36-27?,38-28-/t29-/m1/s1. The van der Waals surface area contributed by atoms with Gasteiger partial charge < -0.3 is 34.7 Å². The molecule has 46 heavy (non-hydrogen) atoms. The van der Waals surface area contributed by atoms with E-state index in [1.165, 1.54) is 12.2 Å². The highest BCUT2D eigenvalue weighted by Crippen LogP contribution is 2.36. The van der Waals surface area contributed by atoms with Crippen molar-refractivity contribution in [3.63, 3.8) is 0 Å². The molecule has 0 aromatic heterocycles. The molecular formula is C33H33BrClN3O8. The topological polar surface area (TPSA) is 174 Å². The number of carboxylic acid groups (broad SMARTS) is 1. The number of oxime groups is 1. The number of hydrogen-bond acceptors (Lipinski definition) is 10. The van der Waals surface area contributed by atoms with Gasteiger partial charge in [-0.15, -0.1) is 0 Å². The minimum atomic E-state index is -1.21. The lowest BCUT2D eigenvalue weighted by Crippen LogP contribution is -2.39. The van der Waals surface area contributed by atoms with Crippen molar-refractivity contribution in [3.8, 4) is 28.4 Å². The van der Waals surface area contributed by atoms with E-state index in [9.17, 15) is 15.0 Å². The van der Waals surface area contributed by atoms with Gasteiger partial charge in [-0.2, -0.15) is 0 Å². The Labute approximate surface area is 279 Å². The molecule has 0 saturated carbocycles. The van der Waals surface area contributed by atoms with E-state index in [1.54, 1.807) is 18.2 Å². The van der Waals surface area contributed by atoms with Gasteiger partial charge >= 0.3 is 5.97 Å². The van der Waals surface area contributed by atoms with E-state index in [0.717, 1.165) is 21.2 Å². The number of halogens is 2. The van der Waals surface area contributed by atoms with Crippen LogP contribution < -0.4 is 19.5 Å². The summed E-state index contributed by atoms with van der Waals surface area (Å²) >= 11 is 10.3. The van der Waals surface area contributed by atoms with Crippen molar-refractivity contribution in [1.82, 2.24) is 5.32 Å². The normalized spacial score (nSPS) is 14.2. The molecule has 0 radical (unpaired) electrons. The predicted molar refractivity (Wildman–Crippen MR) is 178 cm³/mol. The summed E-state index contributed by atoms with van der Waals surface area (Å²) in [6.07, 6.45) is 5.20. The monoisotopic (exact) mass is 713 g/mol. The molecule has 3 aromatic rings. The van der Waals surface area contributed by atoms with Crippen LogP contribution in [0.3, 0.4) is 0 Å². The Bertz CT molecular complexity index is 1660. The maximum Gasteiger partial charge on any atom is 0.323 e. The van der Waals surface area contributed by atoms with Gasteiger partial charge in [0.15, 0.2) is 0 Å². The molecule has 0 saturated heterocycles. The van der Waals surface area contributed by atoms with Crippen LogP contribution in [0.25, 0.3) is 11.1 Å². The highest BCUT2D eigenvalue weighted by Gasteiger charge is 2.19. The van der Waals surface area contributed by atoms with E-state index in [1.807, 2.05) is 42.5 Å². The number of ether oxygens (including phenoxy) is 3. The van der Waals surface area contributed by atoms with Crippen molar-refractivity contribution in [1.29, 1.82) is 5.41 Å². The number of benzene rings is 3.